The molecule has 0 unspecified atom stereocenters. The highest BCUT2D eigenvalue weighted by Crippen LogP contribution is 2.13. The minimum Gasteiger partial charge on any atom is -0.383 e. The van der Waals surface area contributed by atoms with Crippen LogP contribution in [0.25, 0.3) is 17.0 Å². The lowest BCUT2D eigenvalue weighted by molar-refractivity contribution is 0.0936. The molecule has 6 heteroatoms. The Morgan fingerprint density at radius 1 is 1.14 bits per heavy atom. The number of fused-ring (bicyclic) bond motifs is 1. The second-order valence-electron chi connectivity index (χ2n) is 6.57. The van der Waals surface area contributed by atoms with Gasteiger partial charge < -0.3 is 15.0 Å². The van der Waals surface area contributed by atoms with E-state index in [-0.39, 0.29) is 22.7 Å². The molecule has 0 saturated carbocycles. The van der Waals surface area contributed by atoms with E-state index in [2.05, 4.69) is 10.3 Å². The van der Waals surface area contributed by atoms with Crippen molar-refractivity contribution in [2.45, 2.75) is 6.92 Å². The summed E-state index contributed by atoms with van der Waals surface area (Å²) in [7, 11) is 1.57. The number of nitrogens with one attached hydrogen (secondary N) is 2. The maximum Gasteiger partial charge on any atom is 0.251 e. The quantitative estimate of drug-likeness (QED) is 0.369. The minimum atomic E-state index is -0.385. The summed E-state index contributed by atoms with van der Waals surface area (Å²) in [6.07, 6.45) is 2.95. The number of para-hydroxylation sites is 1. The van der Waals surface area contributed by atoms with Crippen LogP contribution in [0, 0.1) is 6.92 Å². The molecule has 2 aromatic carbocycles. The molecule has 3 aromatic rings. The molecular weight excluding hydrogens is 368 g/mol. The van der Waals surface area contributed by atoms with Crippen molar-refractivity contribution in [1.82, 2.24) is 10.3 Å². The lowest BCUT2D eigenvalue weighted by atomic mass is 10.0. The highest BCUT2D eigenvalue weighted by atomic mass is 16.5. The number of methoxy groups -OCH3 is 1. The van der Waals surface area contributed by atoms with E-state index in [0.29, 0.717) is 40.9 Å². The van der Waals surface area contributed by atoms with Crippen molar-refractivity contribution in [3.8, 4) is 0 Å². The molecule has 148 valence electrons. The Morgan fingerprint density at radius 2 is 1.93 bits per heavy atom. The first-order valence-electron chi connectivity index (χ1n) is 9.22. The molecule has 0 aliphatic rings. The smallest absolute Gasteiger partial charge is 0.251 e. The van der Waals surface area contributed by atoms with Crippen molar-refractivity contribution in [3.63, 3.8) is 0 Å². The van der Waals surface area contributed by atoms with Crippen LogP contribution < -0.4 is 10.7 Å². The van der Waals surface area contributed by atoms with Gasteiger partial charge >= 0.3 is 0 Å². The van der Waals surface area contributed by atoms with Crippen LogP contribution in [-0.2, 0) is 4.74 Å². The summed E-state index contributed by atoms with van der Waals surface area (Å²) >= 11 is 0. The summed E-state index contributed by atoms with van der Waals surface area (Å²) < 4.78 is 4.91. The Balaban J connectivity index is 1.83. The Bertz CT molecular complexity index is 1150. The average Bonchev–Trinajstić information content (AvgIpc) is 2.72. The molecule has 1 aromatic heterocycles. The summed E-state index contributed by atoms with van der Waals surface area (Å²) in [5, 5.41) is 3.23. The maximum atomic E-state index is 12.7. The first-order valence-corrected chi connectivity index (χ1v) is 9.22. The van der Waals surface area contributed by atoms with Gasteiger partial charge in [-0.3, -0.25) is 14.4 Å². The fourth-order valence-electron chi connectivity index (χ4n) is 3.06. The third-order valence-electron chi connectivity index (χ3n) is 4.51. The highest BCUT2D eigenvalue weighted by molar-refractivity contribution is 6.09. The first kappa shape index (κ1) is 20.2. The number of hydrogen-bond donors (Lipinski definition) is 2. The van der Waals surface area contributed by atoms with Crippen LogP contribution in [0.4, 0.5) is 0 Å². The summed E-state index contributed by atoms with van der Waals surface area (Å²) in [6, 6.07) is 14.0. The van der Waals surface area contributed by atoms with E-state index in [4.69, 9.17) is 4.74 Å². The number of carbonyl (C=O) groups is 2. The average molecular weight is 390 g/mol. The predicted octanol–water partition coefficient (Wildman–Crippen LogP) is 3.11. The third-order valence-corrected chi connectivity index (χ3v) is 4.51. The van der Waals surface area contributed by atoms with Crippen LogP contribution in [0.5, 0.6) is 0 Å². The molecule has 0 aliphatic heterocycles. The van der Waals surface area contributed by atoms with Gasteiger partial charge in [-0.05, 0) is 42.8 Å². The second kappa shape index (κ2) is 9.12. The fraction of sp³-hybridized carbons (Fsp3) is 0.174. The number of aromatic amines is 1. The van der Waals surface area contributed by atoms with Crippen molar-refractivity contribution in [1.29, 1.82) is 0 Å². The van der Waals surface area contributed by atoms with Gasteiger partial charge in [0.25, 0.3) is 5.91 Å². The Hall–Kier alpha value is -3.51. The summed E-state index contributed by atoms with van der Waals surface area (Å²) in [5.41, 5.74) is 2.21. The highest BCUT2D eigenvalue weighted by Gasteiger charge is 2.14. The van der Waals surface area contributed by atoms with Crippen molar-refractivity contribution in [2.75, 3.05) is 20.3 Å². The van der Waals surface area contributed by atoms with E-state index in [1.165, 1.54) is 6.08 Å². The second-order valence-corrected chi connectivity index (χ2v) is 6.57. The fourth-order valence-corrected chi connectivity index (χ4v) is 3.06. The van der Waals surface area contributed by atoms with Crippen LogP contribution >= 0.6 is 0 Å². The molecule has 0 radical (unpaired) electrons. The molecule has 0 bridgehead atoms. The molecule has 0 atom stereocenters. The molecule has 6 nitrogen and oxygen atoms in total. The van der Waals surface area contributed by atoms with E-state index in [1.807, 2.05) is 6.07 Å². The molecule has 2 N–H and O–H groups in total. The minimum absolute atomic E-state index is 0.119. The monoisotopic (exact) mass is 390 g/mol. The molecule has 0 saturated heterocycles. The van der Waals surface area contributed by atoms with E-state index in [1.54, 1.807) is 62.6 Å². The number of aryl methyl sites for hydroxylation is 1. The number of amides is 1. The van der Waals surface area contributed by atoms with Gasteiger partial charge in [0, 0.05) is 35.8 Å². The van der Waals surface area contributed by atoms with E-state index in [9.17, 15) is 14.4 Å². The lowest BCUT2D eigenvalue weighted by Crippen LogP contribution is -2.26. The number of ketones is 1. The van der Waals surface area contributed by atoms with Gasteiger partial charge in [-0.2, -0.15) is 0 Å². The summed E-state index contributed by atoms with van der Waals surface area (Å²) in [6.45, 7) is 2.55. The summed E-state index contributed by atoms with van der Waals surface area (Å²) in [4.78, 5) is 40.7. The van der Waals surface area contributed by atoms with Crippen LogP contribution in [0.3, 0.4) is 0 Å². The van der Waals surface area contributed by atoms with Gasteiger partial charge in [0.05, 0.1) is 12.2 Å². The van der Waals surface area contributed by atoms with E-state index in [0.717, 1.165) is 0 Å². The molecule has 1 heterocycles. The first-order chi connectivity index (χ1) is 14.0. The van der Waals surface area contributed by atoms with E-state index >= 15 is 0 Å². The molecule has 3 rings (SSSR count). The van der Waals surface area contributed by atoms with Gasteiger partial charge in [-0.15, -0.1) is 0 Å². The Morgan fingerprint density at radius 3 is 2.72 bits per heavy atom. The van der Waals surface area contributed by atoms with Crippen LogP contribution in [0.2, 0.25) is 0 Å². The zero-order valence-electron chi connectivity index (χ0n) is 16.3. The van der Waals surface area contributed by atoms with Gasteiger partial charge in [-0.25, -0.2) is 0 Å². The molecule has 29 heavy (non-hydrogen) atoms. The molecule has 0 spiro atoms. The lowest BCUT2D eigenvalue weighted by Gasteiger charge is -2.06. The van der Waals surface area contributed by atoms with Gasteiger partial charge in [0.15, 0.2) is 5.78 Å². The number of carbonyl (C=O) groups excluding carboxylic acids is 2. The zero-order valence-corrected chi connectivity index (χ0v) is 16.3. The number of aromatic nitrogens is 1. The number of pyridine rings is 1. The summed E-state index contributed by atoms with van der Waals surface area (Å²) in [5.74, 6) is -0.602. The van der Waals surface area contributed by atoms with Crippen LogP contribution in [0.15, 0.2) is 59.4 Å². The number of allylic oxidation sites excluding steroid dienone is 1. The number of rotatable bonds is 7. The molecule has 1 amide bonds. The molecular formula is C23H22N2O4. The van der Waals surface area contributed by atoms with E-state index < -0.39 is 0 Å². The van der Waals surface area contributed by atoms with Crippen LogP contribution in [-0.4, -0.2) is 36.9 Å². The van der Waals surface area contributed by atoms with Crippen molar-refractivity contribution >= 4 is 28.7 Å². The standard InChI is InChI=1S/C23H22N2O4/c1-15-21(22(27)18-8-3-4-9-19(18)25-15)20(26)11-10-16-6-5-7-17(14-16)23(28)24-12-13-29-2/h3-11,14H,12-13H2,1-2H3,(H,24,28)(H,25,27). The zero-order chi connectivity index (χ0) is 20.8. The number of ether oxygens (including phenoxy) is 1. The third kappa shape index (κ3) is 4.67. The van der Waals surface area contributed by atoms with Gasteiger partial charge in [0.1, 0.15) is 0 Å². The van der Waals surface area contributed by atoms with Gasteiger partial charge in [-0.1, -0.05) is 30.3 Å². The molecule has 0 fully saturated rings. The van der Waals surface area contributed by atoms with Crippen molar-refractivity contribution in [2.24, 2.45) is 0 Å². The normalized spacial score (nSPS) is 11.1. The van der Waals surface area contributed by atoms with Gasteiger partial charge in [0.2, 0.25) is 5.43 Å². The van der Waals surface area contributed by atoms with Crippen molar-refractivity contribution in [3.05, 3.63) is 87.2 Å². The maximum absolute atomic E-state index is 12.7. The Labute approximate surface area is 168 Å². The number of H-pyrrole nitrogens is 1. The van der Waals surface area contributed by atoms with Crippen LogP contribution in [0.1, 0.15) is 32.0 Å². The number of benzene rings is 2. The Kier molecular flexibility index (Phi) is 6.36. The topological polar surface area (TPSA) is 88.3 Å². The number of hydrogen-bond acceptors (Lipinski definition) is 4. The SMILES string of the molecule is COCCNC(=O)c1cccc(C=CC(=O)c2c(C)[nH]c3ccccc3c2=O)c1. The molecule has 0 aliphatic carbocycles. The van der Waals surface area contributed by atoms with Crippen molar-refractivity contribution < 1.29 is 14.3 Å². The largest absolute Gasteiger partial charge is 0.383 e. The predicted molar refractivity (Wildman–Crippen MR) is 113 cm³/mol.